The van der Waals surface area contributed by atoms with Crippen LogP contribution in [0.4, 0.5) is 5.95 Å². The monoisotopic (exact) mass is 500 g/mol. The number of fused-ring (bicyclic) bond motifs is 1. The van der Waals surface area contributed by atoms with Gasteiger partial charge in [0.15, 0.2) is 5.96 Å². The highest BCUT2D eigenvalue weighted by Crippen LogP contribution is 2.33. The Morgan fingerprint density at radius 1 is 1.19 bits per heavy atom. The van der Waals surface area contributed by atoms with Gasteiger partial charge in [-0.05, 0) is 23.8 Å². The maximum absolute atomic E-state index is 6.22. The van der Waals surface area contributed by atoms with Crippen molar-refractivity contribution < 1.29 is 4.74 Å². The SMILES string of the molecule is I.NC(=NCc1cc(Cl)cc2c1OCC2)N1CCN(c2ncccn2)CC1. The Morgan fingerprint density at radius 2 is 1.93 bits per heavy atom. The topological polar surface area (TPSA) is 79.9 Å². The van der Waals surface area contributed by atoms with E-state index in [0.717, 1.165) is 60.4 Å². The number of anilines is 1. The molecule has 0 bridgehead atoms. The van der Waals surface area contributed by atoms with Gasteiger partial charge < -0.3 is 20.3 Å². The van der Waals surface area contributed by atoms with Gasteiger partial charge >= 0.3 is 0 Å². The van der Waals surface area contributed by atoms with Crippen molar-refractivity contribution in [2.75, 3.05) is 37.7 Å². The van der Waals surface area contributed by atoms with E-state index in [1.807, 2.05) is 18.2 Å². The van der Waals surface area contributed by atoms with Crippen LogP contribution < -0.4 is 15.4 Å². The number of rotatable bonds is 3. The zero-order valence-electron chi connectivity index (χ0n) is 14.8. The lowest BCUT2D eigenvalue weighted by Gasteiger charge is -2.35. The lowest BCUT2D eigenvalue weighted by molar-refractivity contribution is 0.353. The van der Waals surface area contributed by atoms with Gasteiger partial charge in [-0.3, -0.25) is 0 Å². The van der Waals surface area contributed by atoms with Gasteiger partial charge in [0.1, 0.15) is 5.75 Å². The van der Waals surface area contributed by atoms with E-state index in [-0.39, 0.29) is 24.0 Å². The molecule has 1 aromatic carbocycles. The molecule has 9 heteroatoms. The molecule has 0 amide bonds. The molecule has 1 saturated heterocycles. The number of nitrogens with zero attached hydrogens (tertiary/aromatic N) is 5. The molecule has 27 heavy (non-hydrogen) atoms. The Kier molecular flexibility index (Phi) is 6.59. The molecule has 0 saturated carbocycles. The molecule has 7 nitrogen and oxygen atoms in total. The molecule has 2 aliphatic rings. The van der Waals surface area contributed by atoms with Crippen molar-refractivity contribution >= 4 is 47.5 Å². The van der Waals surface area contributed by atoms with Gasteiger partial charge in [0.05, 0.1) is 13.2 Å². The molecular weight excluding hydrogens is 479 g/mol. The smallest absolute Gasteiger partial charge is 0.225 e. The molecule has 1 aromatic heterocycles. The molecular formula is C18H22ClIN6O. The van der Waals surface area contributed by atoms with Crippen molar-refractivity contribution in [1.29, 1.82) is 0 Å². The fraction of sp³-hybridized carbons (Fsp3) is 0.389. The number of benzene rings is 1. The first-order valence-corrected chi connectivity index (χ1v) is 9.09. The van der Waals surface area contributed by atoms with Gasteiger partial charge in [0.2, 0.25) is 5.95 Å². The highest BCUT2D eigenvalue weighted by Gasteiger charge is 2.21. The van der Waals surface area contributed by atoms with Crippen LogP contribution >= 0.6 is 35.6 Å². The molecule has 1 fully saturated rings. The first-order valence-electron chi connectivity index (χ1n) is 8.71. The fourth-order valence-corrected chi connectivity index (χ4v) is 3.58. The standard InChI is InChI=1S/C18H21ClN6O.HI/c19-15-10-13-2-9-26-16(13)14(11-15)12-23-17(20)24-5-7-25(8-6-24)18-21-3-1-4-22-18;/h1,3-4,10-11H,2,5-9,12H2,(H2,20,23);1H. The van der Waals surface area contributed by atoms with E-state index in [2.05, 4.69) is 24.8 Å². The lowest BCUT2D eigenvalue weighted by atomic mass is 10.1. The molecule has 0 atom stereocenters. The zero-order valence-corrected chi connectivity index (χ0v) is 17.9. The summed E-state index contributed by atoms with van der Waals surface area (Å²) < 4.78 is 5.72. The molecule has 2 aromatic rings. The van der Waals surface area contributed by atoms with E-state index in [1.54, 1.807) is 12.4 Å². The Labute approximate surface area is 180 Å². The first-order chi connectivity index (χ1) is 12.7. The van der Waals surface area contributed by atoms with Crippen molar-refractivity contribution in [1.82, 2.24) is 14.9 Å². The summed E-state index contributed by atoms with van der Waals surface area (Å²) in [6.07, 6.45) is 4.41. The molecule has 2 aliphatic heterocycles. The third-order valence-electron chi connectivity index (χ3n) is 4.68. The molecule has 144 valence electrons. The third-order valence-corrected chi connectivity index (χ3v) is 4.89. The van der Waals surface area contributed by atoms with Crippen LogP contribution in [0, 0.1) is 0 Å². The second-order valence-corrected chi connectivity index (χ2v) is 6.79. The van der Waals surface area contributed by atoms with E-state index in [4.69, 9.17) is 22.1 Å². The summed E-state index contributed by atoms with van der Waals surface area (Å²) in [6.45, 7) is 4.38. The van der Waals surface area contributed by atoms with Crippen LogP contribution in [0.25, 0.3) is 0 Å². The summed E-state index contributed by atoms with van der Waals surface area (Å²) in [6, 6.07) is 5.69. The van der Waals surface area contributed by atoms with Crippen LogP contribution in [0.2, 0.25) is 5.02 Å². The number of nitrogens with two attached hydrogens (primary N) is 1. The maximum Gasteiger partial charge on any atom is 0.225 e. The van der Waals surface area contributed by atoms with E-state index >= 15 is 0 Å². The van der Waals surface area contributed by atoms with Crippen LogP contribution in [-0.2, 0) is 13.0 Å². The predicted molar refractivity (Wildman–Crippen MR) is 117 cm³/mol. The Balaban J connectivity index is 0.00000210. The summed E-state index contributed by atoms with van der Waals surface area (Å²) in [4.78, 5) is 17.4. The average Bonchev–Trinajstić information content (AvgIpc) is 3.15. The Bertz CT molecular complexity index is 811. The molecule has 0 aliphatic carbocycles. The Morgan fingerprint density at radius 3 is 2.67 bits per heavy atom. The molecule has 4 rings (SSSR count). The van der Waals surface area contributed by atoms with Crippen LogP contribution in [0.3, 0.4) is 0 Å². The molecule has 0 radical (unpaired) electrons. The van der Waals surface area contributed by atoms with E-state index in [0.29, 0.717) is 19.1 Å². The second-order valence-electron chi connectivity index (χ2n) is 6.35. The Hall–Kier alpha value is -1.81. The zero-order chi connectivity index (χ0) is 17.9. The quantitative estimate of drug-likeness (QED) is 0.396. The van der Waals surface area contributed by atoms with Crippen molar-refractivity contribution in [3.05, 3.63) is 46.7 Å². The third kappa shape index (κ3) is 4.55. The minimum absolute atomic E-state index is 0. The van der Waals surface area contributed by atoms with Crippen molar-refractivity contribution in [3.8, 4) is 5.75 Å². The highest BCUT2D eigenvalue weighted by molar-refractivity contribution is 14.0. The van der Waals surface area contributed by atoms with Gasteiger partial charge in [0, 0.05) is 55.6 Å². The van der Waals surface area contributed by atoms with Crippen LogP contribution in [0.15, 0.2) is 35.6 Å². The number of aromatic nitrogens is 2. The molecule has 0 spiro atoms. The highest BCUT2D eigenvalue weighted by atomic mass is 127. The molecule has 0 unspecified atom stereocenters. The number of hydrogen-bond donors (Lipinski definition) is 1. The van der Waals surface area contributed by atoms with Crippen molar-refractivity contribution in [2.45, 2.75) is 13.0 Å². The minimum atomic E-state index is 0. The normalized spacial score (nSPS) is 16.6. The summed E-state index contributed by atoms with van der Waals surface area (Å²) in [5, 5.41) is 0.717. The number of ether oxygens (including phenoxy) is 1. The number of hydrogen-bond acceptors (Lipinski definition) is 5. The fourth-order valence-electron chi connectivity index (χ4n) is 3.32. The maximum atomic E-state index is 6.22. The number of guanidine groups is 1. The van der Waals surface area contributed by atoms with Gasteiger partial charge in [-0.25, -0.2) is 15.0 Å². The summed E-state index contributed by atoms with van der Waals surface area (Å²) in [5.41, 5.74) is 8.36. The van der Waals surface area contributed by atoms with Gasteiger partial charge in [-0.2, -0.15) is 0 Å². The van der Waals surface area contributed by atoms with Gasteiger partial charge in [0.25, 0.3) is 0 Å². The summed E-state index contributed by atoms with van der Waals surface area (Å²) in [5.74, 6) is 2.22. The van der Waals surface area contributed by atoms with Gasteiger partial charge in [-0.15, -0.1) is 24.0 Å². The second kappa shape index (κ2) is 8.92. The predicted octanol–water partition coefficient (Wildman–Crippen LogP) is 2.32. The van der Waals surface area contributed by atoms with Crippen molar-refractivity contribution in [3.63, 3.8) is 0 Å². The summed E-state index contributed by atoms with van der Waals surface area (Å²) >= 11 is 6.20. The number of aliphatic imine (C=N–C) groups is 1. The van der Waals surface area contributed by atoms with E-state index < -0.39 is 0 Å². The lowest BCUT2D eigenvalue weighted by Crippen LogP contribution is -2.51. The van der Waals surface area contributed by atoms with Crippen LogP contribution in [0.1, 0.15) is 11.1 Å². The summed E-state index contributed by atoms with van der Waals surface area (Å²) in [7, 11) is 0. The molecule has 2 N–H and O–H groups in total. The average molecular weight is 501 g/mol. The largest absolute Gasteiger partial charge is 0.493 e. The van der Waals surface area contributed by atoms with Crippen LogP contribution in [0.5, 0.6) is 5.75 Å². The van der Waals surface area contributed by atoms with Crippen LogP contribution in [-0.4, -0.2) is 53.6 Å². The van der Waals surface area contributed by atoms with Gasteiger partial charge in [-0.1, -0.05) is 11.6 Å². The van der Waals surface area contributed by atoms with E-state index in [1.165, 1.54) is 0 Å². The number of halogens is 2. The minimum Gasteiger partial charge on any atom is -0.493 e. The molecule has 3 heterocycles. The number of piperazine rings is 1. The first kappa shape index (κ1) is 19.9. The van der Waals surface area contributed by atoms with E-state index in [9.17, 15) is 0 Å². The van der Waals surface area contributed by atoms with Crippen molar-refractivity contribution in [2.24, 2.45) is 10.7 Å².